The maximum atomic E-state index is 3.61. The van der Waals surface area contributed by atoms with Gasteiger partial charge in [0.25, 0.3) is 0 Å². The standard InChI is InChI=1S/C20H13BrN2/c21-13-10-11-15-17(12-13)22-20-19(15)16-8-4-5-9-18(16)23(20)14-6-2-1-3-7-14/h1-12,22H. The predicted octanol–water partition coefficient (Wildman–Crippen LogP) is 6.03. The summed E-state index contributed by atoms with van der Waals surface area (Å²) in [4.78, 5) is 3.61. The molecule has 2 nitrogen and oxygen atoms in total. The fourth-order valence-corrected chi connectivity index (χ4v) is 3.80. The Kier molecular flexibility index (Phi) is 2.67. The lowest BCUT2D eigenvalue weighted by molar-refractivity contribution is 1.15. The summed E-state index contributed by atoms with van der Waals surface area (Å²) in [5, 5.41) is 3.82. The van der Waals surface area contributed by atoms with Crippen molar-refractivity contribution in [3.63, 3.8) is 0 Å². The van der Waals surface area contributed by atoms with Crippen LogP contribution in [0.1, 0.15) is 0 Å². The Balaban J connectivity index is 2.04. The first-order chi connectivity index (χ1) is 11.3. The van der Waals surface area contributed by atoms with Crippen molar-refractivity contribution in [1.29, 1.82) is 0 Å². The Bertz CT molecular complexity index is 1170. The van der Waals surface area contributed by atoms with Gasteiger partial charge in [0.15, 0.2) is 0 Å². The minimum absolute atomic E-state index is 1.09. The van der Waals surface area contributed by atoms with Crippen LogP contribution in [-0.2, 0) is 0 Å². The van der Waals surface area contributed by atoms with Gasteiger partial charge in [-0.3, -0.25) is 4.57 Å². The van der Waals surface area contributed by atoms with Crippen LogP contribution >= 0.6 is 15.9 Å². The zero-order chi connectivity index (χ0) is 15.4. The van der Waals surface area contributed by atoms with E-state index in [1.54, 1.807) is 0 Å². The molecule has 0 fully saturated rings. The Labute approximate surface area is 141 Å². The van der Waals surface area contributed by atoms with Gasteiger partial charge >= 0.3 is 0 Å². The van der Waals surface area contributed by atoms with Crippen molar-refractivity contribution in [3.8, 4) is 5.69 Å². The molecule has 2 heterocycles. The van der Waals surface area contributed by atoms with Crippen LogP contribution in [0.25, 0.3) is 38.5 Å². The van der Waals surface area contributed by atoms with Crippen LogP contribution in [0.3, 0.4) is 0 Å². The Morgan fingerprint density at radius 3 is 2.43 bits per heavy atom. The average Bonchev–Trinajstić information content (AvgIpc) is 3.09. The molecule has 0 radical (unpaired) electrons. The molecular weight excluding hydrogens is 348 g/mol. The molecule has 0 saturated carbocycles. The first-order valence-corrected chi connectivity index (χ1v) is 8.38. The number of aromatic nitrogens is 2. The van der Waals surface area contributed by atoms with Gasteiger partial charge in [-0.15, -0.1) is 0 Å². The van der Waals surface area contributed by atoms with Crippen molar-refractivity contribution in [3.05, 3.63) is 77.3 Å². The van der Waals surface area contributed by atoms with Gasteiger partial charge in [0.2, 0.25) is 0 Å². The third kappa shape index (κ3) is 1.80. The topological polar surface area (TPSA) is 20.7 Å². The molecule has 0 spiro atoms. The summed E-state index contributed by atoms with van der Waals surface area (Å²) in [6, 6.07) is 25.5. The number of nitrogens with one attached hydrogen (secondary N) is 1. The van der Waals surface area contributed by atoms with E-state index >= 15 is 0 Å². The molecule has 0 aliphatic rings. The van der Waals surface area contributed by atoms with Gasteiger partial charge < -0.3 is 4.98 Å². The number of fused-ring (bicyclic) bond motifs is 5. The van der Waals surface area contributed by atoms with E-state index in [1.165, 1.54) is 27.4 Å². The smallest absolute Gasteiger partial charge is 0.124 e. The lowest BCUT2D eigenvalue weighted by Crippen LogP contribution is -1.93. The van der Waals surface area contributed by atoms with Crippen LogP contribution in [0.5, 0.6) is 0 Å². The lowest BCUT2D eigenvalue weighted by Gasteiger charge is -2.06. The second-order valence-corrected chi connectivity index (χ2v) is 6.64. The largest absolute Gasteiger partial charge is 0.340 e. The molecule has 1 N–H and O–H groups in total. The molecule has 0 amide bonds. The van der Waals surface area contributed by atoms with Crippen molar-refractivity contribution < 1.29 is 0 Å². The van der Waals surface area contributed by atoms with E-state index in [4.69, 9.17) is 0 Å². The van der Waals surface area contributed by atoms with Crippen molar-refractivity contribution in [2.24, 2.45) is 0 Å². The number of para-hydroxylation sites is 2. The number of benzene rings is 3. The number of rotatable bonds is 1. The number of hydrogen-bond donors (Lipinski definition) is 1. The Hall–Kier alpha value is -2.52. The number of aromatic amines is 1. The third-order valence-electron chi connectivity index (χ3n) is 4.39. The van der Waals surface area contributed by atoms with Crippen LogP contribution in [0.4, 0.5) is 0 Å². The van der Waals surface area contributed by atoms with Gasteiger partial charge in [-0.25, -0.2) is 0 Å². The summed E-state index contributed by atoms with van der Waals surface area (Å²) in [6.45, 7) is 0. The van der Waals surface area contributed by atoms with Crippen LogP contribution in [0, 0.1) is 0 Å². The Morgan fingerprint density at radius 2 is 1.57 bits per heavy atom. The molecule has 5 aromatic rings. The van der Waals surface area contributed by atoms with Crippen LogP contribution in [0.15, 0.2) is 77.3 Å². The van der Waals surface area contributed by atoms with Gasteiger partial charge in [-0.1, -0.05) is 58.4 Å². The van der Waals surface area contributed by atoms with Crippen LogP contribution < -0.4 is 0 Å². The van der Waals surface area contributed by atoms with Crippen LogP contribution in [-0.4, -0.2) is 9.55 Å². The van der Waals surface area contributed by atoms with E-state index in [2.05, 4.69) is 98.3 Å². The highest BCUT2D eigenvalue weighted by Gasteiger charge is 2.16. The molecule has 110 valence electrons. The molecule has 3 heteroatoms. The first-order valence-electron chi connectivity index (χ1n) is 7.59. The van der Waals surface area contributed by atoms with Crippen molar-refractivity contribution in [2.75, 3.05) is 0 Å². The number of hydrogen-bond acceptors (Lipinski definition) is 0. The highest BCUT2D eigenvalue weighted by molar-refractivity contribution is 9.10. The van der Waals surface area contributed by atoms with Gasteiger partial charge in [-0.2, -0.15) is 0 Å². The summed E-state index contributed by atoms with van der Waals surface area (Å²) >= 11 is 3.56. The molecule has 2 aromatic heterocycles. The van der Waals surface area contributed by atoms with E-state index in [9.17, 15) is 0 Å². The molecule has 0 atom stereocenters. The van der Waals surface area contributed by atoms with Gasteiger partial charge in [0.1, 0.15) is 5.65 Å². The summed E-state index contributed by atoms with van der Waals surface area (Å²) in [6.07, 6.45) is 0. The van der Waals surface area contributed by atoms with Crippen molar-refractivity contribution >= 4 is 48.8 Å². The zero-order valence-electron chi connectivity index (χ0n) is 12.3. The molecule has 0 aliphatic carbocycles. The zero-order valence-corrected chi connectivity index (χ0v) is 13.8. The van der Waals surface area contributed by atoms with Gasteiger partial charge in [0, 0.05) is 31.8 Å². The highest BCUT2D eigenvalue weighted by Crippen LogP contribution is 2.37. The molecule has 5 rings (SSSR count). The van der Waals surface area contributed by atoms with E-state index in [0.29, 0.717) is 0 Å². The van der Waals surface area contributed by atoms with Crippen molar-refractivity contribution in [2.45, 2.75) is 0 Å². The van der Waals surface area contributed by atoms with E-state index in [-0.39, 0.29) is 0 Å². The summed E-state index contributed by atoms with van der Waals surface area (Å²) < 4.78 is 3.39. The van der Waals surface area contributed by atoms with Gasteiger partial charge in [0.05, 0.1) is 5.52 Å². The predicted molar refractivity (Wildman–Crippen MR) is 100 cm³/mol. The average molecular weight is 361 g/mol. The maximum Gasteiger partial charge on any atom is 0.124 e. The number of nitrogens with zero attached hydrogens (tertiary/aromatic N) is 1. The molecule has 23 heavy (non-hydrogen) atoms. The quantitative estimate of drug-likeness (QED) is 0.376. The third-order valence-corrected chi connectivity index (χ3v) is 4.89. The van der Waals surface area contributed by atoms with E-state index in [1.807, 2.05) is 0 Å². The lowest BCUT2D eigenvalue weighted by atomic mass is 10.1. The fraction of sp³-hybridized carbons (Fsp3) is 0. The summed E-state index contributed by atoms with van der Waals surface area (Å²) in [5.74, 6) is 0. The van der Waals surface area contributed by atoms with Gasteiger partial charge in [-0.05, 0) is 30.3 Å². The number of halogens is 1. The minimum atomic E-state index is 1.09. The minimum Gasteiger partial charge on any atom is -0.340 e. The molecular formula is C20H13BrN2. The number of H-pyrrole nitrogens is 1. The summed E-state index contributed by atoms with van der Waals surface area (Å²) in [7, 11) is 0. The van der Waals surface area contributed by atoms with E-state index < -0.39 is 0 Å². The molecule has 0 bridgehead atoms. The second-order valence-electron chi connectivity index (χ2n) is 5.73. The fourth-order valence-electron chi connectivity index (χ4n) is 3.44. The summed E-state index contributed by atoms with van der Waals surface area (Å²) in [5.41, 5.74) is 4.69. The normalized spacial score (nSPS) is 11.7. The maximum absolute atomic E-state index is 3.61. The molecule has 3 aromatic carbocycles. The molecule has 0 saturated heterocycles. The van der Waals surface area contributed by atoms with Crippen molar-refractivity contribution in [1.82, 2.24) is 9.55 Å². The SMILES string of the molecule is Brc1ccc2c(c1)[nH]c1c2c2ccccc2n1-c1ccccc1. The second kappa shape index (κ2) is 4.74. The van der Waals surface area contributed by atoms with E-state index in [0.717, 1.165) is 15.6 Å². The molecule has 0 aliphatic heterocycles. The Morgan fingerprint density at radius 1 is 0.783 bits per heavy atom. The monoisotopic (exact) mass is 360 g/mol. The van der Waals surface area contributed by atoms with Crippen LogP contribution in [0.2, 0.25) is 0 Å². The first kappa shape index (κ1) is 13.0. The molecule has 0 unspecified atom stereocenters. The highest BCUT2D eigenvalue weighted by atomic mass is 79.9.